The van der Waals surface area contributed by atoms with Gasteiger partial charge < -0.3 is 10.3 Å². The van der Waals surface area contributed by atoms with E-state index in [9.17, 15) is 0 Å². The van der Waals surface area contributed by atoms with Gasteiger partial charge in [0.2, 0.25) is 0 Å². The Labute approximate surface area is 144 Å². The van der Waals surface area contributed by atoms with Crippen LogP contribution in [0.3, 0.4) is 0 Å². The van der Waals surface area contributed by atoms with Gasteiger partial charge in [-0.2, -0.15) is 0 Å². The van der Waals surface area contributed by atoms with E-state index in [0.717, 1.165) is 57.6 Å². The van der Waals surface area contributed by atoms with Gasteiger partial charge in [0.05, 0.1) is 12.2 Å². The van der Waals surface area contributed by atoms with Crippen molar-refractivity contribution >= 4 is 39.9 Å². The van der Waals surface area contributed by atoms with Crippen molar-refractivity contribution < 1.29 is 0 Å². The van der Waals surface area contributed by atoms with E-state index in [-0.39, 0.29) is 0 Å². The Morgan fingerprint density at radius 1 is 1.09 bits per heavy atom. The maximum atomic E-state index is 6.41. The highest BCUT2D eigenvalue weighted by Crippen LogP contribution is 2.35. The second-order valence-electron chi connectivity index (χ2n) is 5.58. The first kappa shape index (κ1) is 14.6. The predicted molar refractivity (Wildman–Crippen MR) is 97.8 cm³/mol. The molecule has 0 bridgehead atoms. The van der Waals surface area contributed by atoms with E-state index in [2.05, 4.69) is 15.3 Å². The molecule has 3 aromatic rings. The highest BCUT2D eigenvalue weighted by Gasteiger charge is 2.18. The number of aliphatic imine (C=N–C) groups is 1. The van der Waals surface area contributed by atoms with Crippen LogP contribution < -0.4 is 5.32 Å². The lowest BCUT2D eigenvalue weighted by Gasteiger charge is -2.08. The van der Waals surface area contributed by atoms with Crippen LogP contribution in [-0.4, -0.2) is 23.9 Å². The molecule has 0 radical (unpaired) electrons. The molecule has 2 aromatic carbocycles. The predicted octanol–water partition coefficient (Wildman–Crippen LogP) is 4.69. The molecule has 1 aliphatic rings. The van der Waals surface area contributed by atoms with Crippen LogP contribution in [-0.2, 0) is 6.42 Å². The maximum Gasteiger partial charge on any atom is 0.101 e. The molecule has 116 valence electrons. The van der Waals surface area contributed by atoms with E-state index in [0.29, 0.717) is 0 Å². The normalized spacial score (nSPS) is 14.1. The number of amidine groups is 1. The Kier molecular flexibility index (Phi) is 3.76. The zero-order valence-electron chi connectivity index (χ0n) is 12.4. The largest absolute Gasteiger partial charge is 0.372 e. The number of H-pyrrole nitrogens is 1. The number of fused-ring (bicyclic) bond motifs is 1. The quantitative estimate of drug-likeness (QED) is 0.711. The molecule has 0 aliphatic carbocycles. The lowest BCUT2D eigenvalue weighted by molar-refractivity contribution is 0.954. The van der Waals surface area contributed by atoms with E-state index in [4.69, 9.17) is 23.2 Å². The summed E-state index contributed by atoms with van der Waals surface area (Å²) in [4.78, 5) is 8.02. The lowest BCUT2D eigenvalue weighted by atomic mass is 10.0. The zero-order valence-corrected chi connectivity index (χ0v) is 13.9. The molecule has 0 atom stereocenters. The first-order valence-corrected chi connectivity index (χ1v) is 8.30. The number of benzene rings is 2. The lowest BCUT2D eigenvalue weighted by Crippen LogP contribution is -2.20. The number of hydrogen-bond acceptors (Lipinski definition) is 2. The van der Waals surface area contributed by atoms with Gasteiger partial charge in [-0.15, -0.1) is 0 Å². The molecule has 3 nitrogen and oxygen atoms in total. The number of nitrogens with one attached hydrogen (secondary N) is 2. The average Bonchev–Trinajstić information content (AvgIpc) is 3.17. The van der Waals surface area contributed by atoms with Gasteiger partial charge in [0.25, 0.3) is 0 Å². The summed E-state index contributed by atoms with van der Waals surface area (Å²) in [6.07, 6.45) is 0.737. The second kappa shape index (κ2) is 5.91. The number of aromatic amines is 1. The third-order valence-corrected chi connectivity index (χ3v) is 4.66. The minimum absolute atomic E-state index is 0.727. The van der Waals surface area contributed by atoms with Crippen LogP contribution >= 0.6 is 23.2 Å². The van der Waals surface area contributed by atoms with Gasteiger partial charge >= 0.3 is 0 Å². The van der Waals surface area contributed by atoms with Crippen LogP contribution in [0.25, 0.3) is 22.2 Å². The molecule has 0 saturated carbocycles. The van der Waals surface area contributed by atoms with Gasteiger partial charge in [-0.3, -0.25) is 4.99 Å². The molecule has 0 fully saturated rings. The Morgan fingerprint density at radius 2 is 1.96 bits per heavy atom. The maximum absolute atomic E-state index is 6.41. The zero-order chi connectivity index (χ0) is 15.8. The number of hydrogen-bond donors (Lipinski definition) is 2. The molecule has 4 rings (SSSR count). The average molecular weight is 344 g/mol. The first-order chi connectivity index (χ1) is 11.2. The number of nitrogens with zero attached hydrogens (tertiary/aromatic N) is 1. The van der Waals surface area contributed by atoms with Crippen LogP contribution in [0.4, 0.5) is 0 Å². The second-order valence-corrected chi connectivity index (χ2v) is 6.42. The minimum Gasteiger partial charge on any atom is -0.372 e. The molecule has 0 unspecified atom stereocenters. The Balaban J connectivity index is 1.93. The van der Waals surface area contributed by atoms with E-state index in [1.165, 1.54) is 5.56 Å². The molecule has 0 amide bonds. The topological polar surface area (TPSA) is 40.2 Å². The summed E-state index contributed by atoms with van der Waals surface area (Å²) in [5.74, 6) is 1.01. The van der Waals surface area contributed by atoms with Crippen molar-refractivity contribution in [1.29, 1.82) is 0 Å². The highest BCUT2D eigenvalue weighted by atomic mass is 35.5. The van der Waals surface area contributed by atoms with Crippen LogP contribution in [0.2, 0.25) is 10.0 Å². The van der Waals surface area contributed by atoms with Gasteiger partial charge in [0, 0.05) is 39.5 Å². The highest BCUT2D eigenvalue weighted by molar-refractivity contribution is 6.33. The fourth-order valence-electron chi connectivity index (χ4n) is 3.03. The SMILES string of the molecule is Clc1ccc2[nH]c(-c3ccccc3Cl)c(CC3=NCCN3)c2c1. The van der Waals surface area contributed by atoms with E-state index in [1.54, 1.807) is 0 Å². The summed E-state index contributed by atoms with van der Waals surface area (Å²) in [6, 6.07) is 13.8. The fraction of sp³-hybridized carbons (Fsp3) is 0.167. The van der Waals surface area contributed by atoms with E-state index in [1.807, 2.05) is 42.5 Å². The van der Waals surface area contributed by atoms with E-state index >= 15 is 0 Å². The summed E-state index contributed by atoms with van der Waals surface area (Å²) in [6.45, 7) is 1.74. The standard InChI is InChI=1S/C18H15Cl2N3/c19-11-5-6-16-13(9-11)14(10-17-21-7-8-22-17)18(23-16)12-3-1-2-4-15(12)20/h1-6,9,23H,7-8,10H2,(H,21,22). The summed E-state index contributed by atoms with van der Waals surface area (Å²) in [7, 11) is 0. The van der Waals surface area contributed by atoms with Crippen molar-refractivity contribution in [3.63, 3.8) is 0 Å². The number of rotatable bonds is 3. The minimum atomic E-state index is 0.727. The van der Waals surface area contributed by atoms with Crippen LogP contribution in [0, 0.1) is 0 Å². The smallest absolute Gasteiger partial charge is 0.101 e. The Bertz CT molecular complexity index is 912. The Morgan fingerprint density at radius 3 is 2.74 bits per heavy atom. The first-order valence-electron chi connectivity index (χ1n) is 7.54. The van der Waals surface area contributed by atoms with Gasteiger partial charge in [-0.25, -0.2) is 0 Å². The molecule has 1 aliphatic heterocycles. The van der Waals surface area contributed by atoms with Crippen molar-refractivity contribution in [1.82, 2.24) is 10.3 Å². The Hall–Kier alpha value is -1.97. The van der Waals surface area contributed by atoms with Gasteiger partial charge in [0.1, 0.15) is 5.84 Å². The van der Waals surface area contributed by atoms with Crippen molar-refractivity contribution in [2.45, 2.75) is 6.42 Å². The van der Waals surface area contributed by atoms with Crippen molar-refractivity contribution in [2.24, 2.45) is 4.99 Å². The molecular formula is C18H15Cl2N3. The number of aromatic nitrogens is 1. The molecular weight excluding hydrogens is 329 g/mol. The third-order valence-electron chi connectivity index (χ3n) is 4.10. The van der Waals surface area contributed by atoms with Crippen LogP contribution in [0.15, 0.2) is 47.5 Å². The molecule has 2 N–H and O–H groups in total. The van der Waals surface area contributed by atoms with E-state index < -0.39 is 0 Å². The molecule has 0 spiro atoms. The summed E-state index contributed by atoms with van der Waals surface area (Å²) in [5.41, 5.74) is 4.25. The third kappa shape index (κ3) is 2.71. The molecule has 5 heteroatoms. The summed E-state index contributed by atoms with van der Waals surface area (Å²) in [5, 5.41) is 5.91. The van der Waals surface area contributed by atoms with Crippen molar-refractivity contribution in [3.05, 3.63) is 58.1 Å². The molecule has 1 aromatic heterocycles. The number of halogens is 2. The van der Waals surface area contributed by atoms with Crippen molar-refractivity contribution in [3.8, 4) is 11.3 Å². The van der Waals surface area contributed by atoms with Gasteiger partial charge in [0.15, 0.2) is 0 Å². The fourth-order valence-corrected chi connectivity index (χ4v) is 3.43. The summed E-state index contributed by atoms with van der Waals surface area (Å²) >= 11 is 12.6. The monoisotopic (exact) mass is 343 g/mol. The van der Waals surface area contributed by atoms with Gasteiger partial charge in [-0.05, 0) is 29.8 Å². The molecule has 23 heavy (non-hydrogen) atoms. The molecule has 0 saturated heterocycles. The van der Waals surface area contributed by atoms with Gasteiger partial charge in [-0.1, -0.05) is 41.4 Å². The van der Waals surface area contributed by atoms with Crippen LogP contribution in [0.5, 0.6) is 0 Å². The summed E-state index contributed by atoms with van der Waals surface area (Å²) < 4.78 is 0. The van der Waals surface area contributed by atoms with Crippen molar-refractivity contribution in [2.75, 3.05) is 13.1 Å². The molecule has 2 heterocycles. The van der Waals surface area contributed by atoms with Crippen LogP contribution in [0.1, 0.15) is 5.56 Å².